The van der Waals surface area contributed by atoms with Crippen molar-refractivity contribution in [3.63, 3.8) is 0 Å². The Morgan fingerprint density at radius 1 is 1.40 bits per heavy atom. The summed E-state index contributed by atoms with van der Waals surface area (Å²) >= 11 is 0. The number of hydrogen-bond donors (Lipinski definition) is 1. The number of nitrogens with zero attached hydrogens (tertiary/aromatic N) is 3. The van der Waals surface area contributed by atoms with Crippen molar-refractivity contribution in [2.24, 2.45) is 0 Å². The second-order valence-electron chi connectivity index (χ2n) is 5.58. The quantitative estimate of drug-likeness (QED) is 0.934. The molecule has 1 heterocycles. The fourth-order valence-corrected chi connectivity index (χ4v) is 1.90. The van der Waals surface area contributed by atoms with Crippen LogP contribution in [-0.4, -0.2) is 15.1 Å². The van der Waals surface area contributed by atoms with E-state index in [2.05, 4.69) is 10.3 Å². The first kappa shape index (κ1) is 14.2. The summed E-state index contributed by atoms with van der Waals surface area (Å²) in [5, 5.41) is 12.4. The van der Waals surface area contributed by atoms with Gasteiger partial charge in [-0.1, -0.05) is 12.1 Å². The van der Waals surface area contributed by atoms with Crippen LogP contribution in [0.1, 0.15) is 32.2 Å². The molecule has 1 aromatic heterocycles. The molecule has 0 aliphatic carbocycles. The maximum atomic E-state index is 14.2. The van der Waals surface area contributed by atoms with E-state index in [0.29, 0.717) is 12.2 Å². The third-order valence-electron chi connectivity index (χ3n) is 2.86. The number of hydrogen-bond acceptors (Lipinski definition) is 3. The van der Waals surface area contributed by atoms with E-state index < -0.39 is 0 Å². The van der Waals surface area contributed by atoms with Gasteiger partial charge >= 0.3 is 0 Å². The number of aromatic nitrogens is 2. The van der Waals surface area contributed by atoms with E-state index in [1.54, 1.807) is 12.3 Å². The van der Waals surface area contributed by atoms with Crippen LogP contribution in [0.2, 0.25) is 0 Å². The molecule has 0 amide bonds. The molecule has 4 nitrogen and oxygen atoms in total. The number of nitriles is 1. The first-order valence-corrected chi connectivity index (χ1v) is 6.38. The summed E-state index contributed by atoms with van der Waals surface area (Å²) in [5.74, 6) is -0.195. The Morgan fingerprint density at radius 3 is 2.80 bits per heavy atom. The van der Waals surface area contributed by atoms with Gasteiger partial charge in [0.1, 0.15) is 11.9 Å². The Morgan fingerprint density at radius 2 is 2.15 bits per heavy atom. The minimum Gasteiger partial charge on any atom is -0.308 e. The zero-order valence-corrected chi connectivity index (χ0v) is 11.8. The number of halogens is 1. The maximum absolute atomic E-state index is 14.2. The van der Waals surface area contributed by atoms with E-state index in [9.17, 15) is 4.39 Å². The first-order chi connectivity index (χ1) is 9.42. The van der Waals surface area contributed by atoms with Crippen molar-refractivity contribution < 1.29 is 4.39 Å². The summed E-state index contributed by atoms with van der Waals surface area (Å²) < 4.78 is 15.6. The molecule has 0 bridgehead atoms. The number of benzene rings is 1. The van der Waals surface area contributed by atoms with E-state index in [-0.39, 0.29) is 17.2 Å². The van der Waals surface area contributed by atoms with Gasteiger partial charge in [-0.15, -0.1) is 0 Å². The standard InChI is InChI=1S/C15H17FN4/c1-15(2,3)19-10-11-5-4-6-12(16)14(11)20-8-7-18-13(20)9-17/h4-8,19H,10H2,1-3H3. The third kappa shape index (κ3) is 3.03. The molecule has 0 aliphatic heterocycles. The molecular formula is C15H17FN4. The molecule has 2 aromatic rings. The highest BCUT2D eigenvalue weighted by molar-refractivity contribution is 5.45. The van der Waals surface area contributed by atoms with Crippen LogP contribution in [0.25, 0.3) is 5.69 Å². The molecule has 0 radical (unpaired) electrons. The minimum absolute atomic E-state index is 0.0728. The lowest BCUT2D eigenvalue weighted by atomic mass is 10.1. The molecule has 2 rings (SSSR count). The number of rotatable bonds is 3. The fraction of sp³-hybridized carbons (Fsp3) is 0.333. The van der Waals surface area contributed by atoms with Gasteiger partial charge < -0.3 is 5.32 Å². The highest BCUT2D eigenvalue weighted by Gasteiger charge is 2.16. The van der Waals surface area contributed by atoms with Crippen LogP contribution >= 0.6 is 0 Å². The van der Waals surface area contributed by atoms with Crippen LogP contribution in [0.3, 0.4) is 0 Å². The SMILES string of the molecule is CC(C)(C)NCc1cccc(F)c1-n1ccnc1C#N. The Balaban J connectivity index is 2.45. The van der Waals surface area contributed by atoms with Gasteiger partial charge in [-0.3, -0.25) is 4.57 Å². The Kier molecular flexibility index (Phi) is 3.86. The molecule has 0 spiro atoms. The predicted octanol–water partition coefficient (Wildman–Crippen LogP) is 2.77. The monoisotopic (exact) mass is 272 g/mol. The second-order valence-corrected chi connectivity index (χ2v) is 5.58. The molecule has 0 atom stereocenters. The van der Waals surface area contributed by atoms with Crippen molar-refractivity contribution in [2.75, 3.05) is 0 Å². The van der Waals surface area contributed by atoms with Gasteiger partial charge in [0.15, 0.2) is 0 Å². The molecule has 1 aromatic carbocycles. The topological polar surface area (TPSA) is 53.6 Å². The largest absolute Gasteiger partial charge is 0.308 e. The average Bonchev–Trinajstić information content (AvgIpc) is 2.83. The predicted molar refractivity (Wildman–Crippen MR) is 74.8 cm³/mol. The summed E-state index contributed by atoms with van der Waals surface area (Å²) in [7, 11) is 0. The highest BCUT2D eigenvalue weighted by Crippen LogP contribution is 2.20. The van der Waals surface area contributed by atoms with E-state index in [0.717, 1.165) is 5.56 Å². The molecular weight excluding hydrogens is 255 g/mol. The van der Waals surface area contributed by atoms with Crippen molar-refractivity contribution in [3.05, 3.63) is 47.8 Å². The molecule has 0 saturated carbocycles. The fourth-order valence-electron chi connectivity index (χ4n) is 1.90. The van der Waals surface area contributed by atoms with E-state index in [1.807, 2.05) is 32.9 Å². The van der Waals surface area contributed by atoms with Gasteiger partial charge in [0.25, 0.3) is 0 Å². The molecule has 0 fully saturated rings. The van der Waals surface area contributed by atoms with Crippen molar-refractivity contribution >= 4 is 0 Å². The Labute approximate surface area is 117 Å². The van der Waals surface area contributed by atoms with Crippen molar-refractivity contribution in [3.8, 4) is 11.8 Å². The highest BCUT2D eigenvalue weighted by atomic mass is 19.1. The lowest BCUT2D eigenvalue weighted by molar-refractivity contribution is 0.423. The molecule has 0 saturated heterocycles. The minimum atomic E-state index is -0.368. The summed E-state index contributed by atoms with van der Waals surface area (Å²) in [6.45, 7) is 6.65. The summed E-state index contributed by atoms with van der Waals surface area (Å²) in [4.78, 5) is 3.92. The van der Waals surface area contributed by atoms with Crippen molar-refractivity contribution in [1.29, 1.82) is 5.26 Å². The maximum Gasteiger partial charge on any atom is 0.217 e. The van der Waals surface area contributed by atoms with Gasteiger partial charge in [-0.25, -0.2) is 9.37 Å². The van der Waals surface area contributed by atoms with Gasteiger partial charge in [0, 0.05) is 24.5 Å². The van der Waals surface area contributed by atoms with Gasteiger partial charge in [-0.05, 0) is 32.4 Å². The van der Waals surface area contributed by atoms with Crippen molar-refractivity contribution in [1.82, 2.24) is 14.9 Å². The zero-order valence-electron chi connectivity index (χ0n) is 11.8. The van der Waals surface area contributed by atoms with Gasteiger partial charge in [-0.2, -0.15) is 5.26 Å². The van der Waals surface area contributed by atoms with Crippen LogP contribution in [0.5, 0.6) is 0 Å². The van der Waals surface area contributed by atoms with Gasteiger partial charge in [0.2, 0.25) is 5.82 Å². The second kappa shape index (κ2) is 5.43. The average molecular weight is 272 g/mol. The van der Waals surface area contributed by atoms with E-state index in [4.69, 9.17) is 5.26 Å². The molecule has 5 heteroatoms. The Hall–Kier alpha value is -2.19. The smallest absolute Gasteiger partial charge is 0.217 e. The van der Waals surface area contributed by atoms with Crippen LogP contribution in [0.4, 0.5) is 4.39 Å². The van der Waals surface area contributed by atoms with E-state index in [1.165, 1.54) is 16.8 Å². The van der Waals surface area contributed by atoms with Crippen LogP contribution < -0.4 is 5.32 Å². The van der Waals surface area contributed by atoms with Crippen LogP contribution in [0, 0.1) is 17.1 Å². The number of imidazole rings is 1. The number of para-hydroxylation sites is 1. The summed E-state index contributed by atoms with van der Waals surface area (Å²) in [5.41, 5.74) is 1.09. The Bertz CT molecular complexity index is 647. The molecule has 1 N–H and O–H groups in total. The summed E-state index contributed by atoms with van der Waals surface area (Å²) in [6.07, 6.45) is 3.09. The summed E-state index contributed by atoms with van der Waals surface area (Å²) in [6, 6.07) is 6.87. The first-order valence-electron chi connectivity index (χ1n) is 6.38. The van der Waals surface area contributed by atoms with E-state index >= 15 is 0 Å². The van der Waals surface area contributed by atoms with Gasteiger partial charge in [0.05, 0.1) is 5.69 Å². The van der Waals surface area contributed by atoms with Crippen LogP contribution in [0.15, 0.2) is 30.6 Å². The van der Waals surface area contributed by atoms with Crippen LogP contribution in [-0.2, 0) is 6.54 Å². The molecule has 104 valence electrons. The molecule has 0 aliphatic rings. The molecule has 20 heavy (non-hydrogen) atoms. The molecule has 0 unspecified atom stereocenters. The normalized spacial score (nSPS) is 11.3. The lowest BCUT2D eigenvalue weighted by Crippen LogP contribution is -2.35. The third-order valence-corrected chi connectivity index (χ3v) is 2.86. The van der Waals surface area contributed by atoms with Crippen molar-refractivity contribution in [2.45, 2.75) is 32.9 Å². The zero-order chi connectivity index (χ0) is 14.8. The number of nitrogens with one attached hydrogen (secondary N) is 1. The lowest BCUT2D eigenvalue weighted by Gasteiger charge is -2.22.